The number of rotatable bonds is 1. The summed E-state index contributed by atoms with van der Waals surface area (Å²) in [6.07, 6.45) is 2.64. The van der Waals surface area contributed by atoms with Gasteiger partial charge in [0.05, 0.1) is 6.20 Å². The Labute approximate surface area is 66.3 Å². The SMILES string of the molecule is O=C(O)c1ncnc2cn[nH]c12. The quantitative estimate of drug-likeness (QED) is 0.621. The molecule has 60 valence electrons. The third kappa shape index (κ3) is 0.815. The molecule has 2 heterocycles. The highest BCUT2D eigenvalue weighted by atomic mass is 16.4. The summed E-state index contributed by atoms with van der Waals surface area (Å²) < 4.78 is 0. The summed E-state index contributed by atoms with van der Waals surface area (Å²) in [7, 11) is 0. The Morgan fingerprint density at radius 1 is 1.50 bits per heavy atom. The maximum Gasteiger partial charge on any atom is 0.356 e. The van der Waals surface area contributed by atoms with Crippen LogP contribution in [0.3, 0.4) is 0 Å². The normalized spacial score (nSPS) is 10.3. The minimum Gasteiger partial charge on any atom is -0.476 e. The number of fused-ring (bicyclic) bond motifs is 1. The van der Waals surface area contributed by atoms with E-state index in [1.807, 2.05) is 0 Å². The third-order valence-corrected chi connectivity index (χ3v) is 1.44. The van der Waals surface area contributed by atoms with Crippen molar-refractivity contribution in [2.24, 2.45) is 0 Å². The van der Waals surface area contributed by atoms with Gasteiger partial charge in [0.25, 0.3) is 0 Å². The van der Waals surface area contributed by atoms with Crippen LogP contribution >= 0.6 is 0 Å². The standard InChI is InChI=1S/C6H4N4O2/c11-6(12)5-4-3(1-9-10-4)7-2-8-5/h1-2H,(H,9,10)(H,11,12). The number of H-pyrrole nitrogens is 1. The van der Waals surface area contributed by atoms with Crippen molar-refractivity contribution in [3.05, 3.63) is 18.2 Å². The Balaban J connectivity index is 2.82. The number of hydrogen-bond donors (Lipinski definition) is 2. The molecule has 0 fully saturated rings. The first-order valence-electron chi connectivity index (χ1n) is 3.16. The molecule has 0 spiro atoms. The summed E-state index contributed by atoms with van der Waals surface area (Å²) in [5.41, 5.74) is 0.796. The second kappa shape index (κ2) is 2.26. The van der Waals surface area contributed by atoms with Crippen molar-refractivity contribution >= 4 is 17.0 Å². The van der Waals surface area contributed by atoms with Gasteiger partial charge in [-0.3, -0.25) is 5.10 Å². The zero-order chi connectivity index (χ0) is 8.55. The molecule has 6 nitrogen and oxygen atoms in total. The van der Waals surface area contributed by atoms with Crippen LogP contribution in [0, 0.1) is 0 Å². The topological polar surface area (TPSA) is 91.8 Å². The fraction of sp³-hybridized carbons (Fsp3) is 0. The highest BCUT2D eigenvalue weighted by molar-refractivity contribution is 5.98. The minimum absolute atomic E-state index is 0.0579. The van der Waals surface area contributed by atoms with E-state index in [-0.39, 0.29) is 5.69 Å². The van der Waals surface area contributed by atoms with Crippen molar-refractivity contribution in [2.75, 3.05) is 0 Å². The molecule has 2 aromatic heterocycles. The lowest BCUT2D eigenvalue weighted by Crippen LogP contribution is -2.01. The predicted molar refractivity (Wildman–Crippen MR) is 38.6 cm³/mol. The zero-order valence-electron chi connectivity index (χ0n) is 5.85. The summed E-state index contributed by atoms with van der Waals surface area (Å²) in [5.74, 6) is -1.09. The summed E-state index contributed by atoms with van der Waals surface area (Å²) in [5, 5.41) is 14.8. The predicted octanol–water partition coefficient (Wildman–Crippen LogP) is 0.0511. The van der Waals surface area contributed by atoms with E-state index in [1.54, 1.807) is 0 Å². The first-order valence-corrected chi connectivity index (χ1v) is 3.16. The van der Waals surface area contributed by atoms with E-state index in [0.717, 1.165) is 0 Å². The number of hydrogen-bond acceptors (Lipinski definition) is 4. The van der Waals surface area contributed by atoms with E-state index in [4.69, 9.17) is 5.11 Å². The number of aromatic nitrogens is 4. The number of carbonyl (C=O) groups is 1. The third-order valence-electron chi connectivity index (χ3n) is 1.44. The molecule has 0 saturated heterocycles. The molecule has 0 aromatic carbocycles. The Bertz CT molecular complexity index is 436. The van der Waals surface area contributed by atoms with Gasteiger partial charge in [0.1, 0.15) is 17.4 Å². The molecule has 0 unspecified atom stereocenters. The molecule has 2 N–H and O–H groups in total. The molecular formula is C6H4N4O2. The highest BCUT2D eigenvalue weighted by Gasteiger charge is 2.11. The molecular weight excluding hydrogens is 160 g/mol. The minimum atomic E-state index is -1.09. The summed E-state index contributed by atoms with van der Waals surface area (Å²) in [6.45, 7) is 0. The van der Waals surface area contributed by atoms with Crippen LogP contribution in [0.2, 0.25) is 0 Å². The zero-order valence-corrected chi connectivity index (χ0v) is 5.85. The van der Waals surface area contributed by atoms with Crippen LogP contribution in [0.4, 0.5) is 0 Å². The van der Waals surface area contributed by atoms with Gasteiger partial charge in [0.15, 0.2) is 5.69 Å². The Hall–Kier alpha value is -1.98. The maximum atomic E-state index is 10.6. The average Bonchev–Trinajstić information content (AvgIpc) is 2.49. The first-order chi connectivity index (χ1) is 5.79. The van der Waals surface area contributed by atoms with Gasteiger partial charge in [0, 0.05) is 0 Å². The van der Waals surface area contributed by atoms with Gasteiger partial charge in [-0.15, -0.1) is 0 Å². The Morgan fingerprint density at radius 2 is 2.33 bits per heavy atom. The van der Waals surface area contributed by atoms with Crippen LogP contribution in [0.5, 0.6) is 0 Å². The summed E-state index contributed by atoms with van der Waals surface area (Å²) in [4.78, 5) is 18.0. The lowest BCUT2D eigenvalue weighted by Gasteiger charge is -1.92. The molecule has 0 amide bonds. The molecule has 0 saturated carbocycles. The molecule has 2 rings (SSSR count). The Kier molecular flexibility index (Phi) is 1.26. The van der Waals surface area contributed by atoms with Crippen molar-refractivity contribution in [1.82, 2.24) is 20.2 Å². The van der Waals surface area contributed by atoms with Crippen molar-refractivity contribution in [2.45, 2.75) is 0 Å². The van der Waals surface area contributed by atoms with Crippen LogP contribution in [0.1, 0.15) is 10.5 Å². The van der Waals surface area contributed by atoms with Gasteiger partial charge < -0.3 is 5.11 Å². The number of aromatic carboxylic acids is 1. The monoisotopic (exact) mass is 164 g/mol. The molecule has 0 aliphatic rings. The van der Waals surface area contributed by atoms with Crippen molar-refractivity contribution in [3.8, 4) is 0 Å². The molecule has 0 radical (unpaired) electrons. The van der Waals surface area contributed by atoms with E-state index in [0.29, 0.717) is 11.0 Å². The fourth-order valence-corrected chi connectivity index (χ4v) is 0.927. The molecule has 12 heavy (non-hydrogen) atoms. The van der Waals surface area contributed by atoms with Gasteiger partial charge >= 0.3 is 5.97 Å². The van der Waals surface area contributed by atoms with Gasteiger partial charge in [-0.1, -0.05) is 0 Å². The molecule has 0 aliphatic carbocycles. The summed E-state index contributed by atoms with van der Waals surface area (Å²) >= 11 is 0. The number of nitrogens with one attached hydrogen (secondary N) is 1. The van der Waals surface area contributed by atoms with Crippen molar-refractivity contribution < 1.29 is 9.90 Å². The maximum absolute atomic E-state index is 10.6. The Morgan fingerprint density at radius 3 is 3.08 bits per heavy atom. The van der Waals surface area contributed by atoms with E-state index >= 15 is 0 Å². The first kappa shape index (κ1) is 6.71. The van der Waals surface area contributed by atoms with E-state index in [2.05, 4.69) is 20.2 Å². The van der Waals surface area contributed by atoms with Crippen LogP contribution in [0.15, 0.2) is 12.5 Å². The number of carboxylic acid groups (broad SMARTS) is 1. The molecule has 2 aromatic rings. The highest BCUT2D eigenvalue weighted by Crippen LogP contribution is 2.09. The van der Waals surface area contributed by atoms with E-state index in [1.165, 1.54) is 12.5 Å². The molecule has 0 bridgehead atoms. The average molecular weight is 164 g/mol. The molecule has 0 aliphatic heterocycles. The smallest absolute Gasteiger partial charge is 0.356 e. The largest absolute Gasteiger partial charge is 0.476 e. The van der Waals surface area contributed by atoms with Crippen LogP contribution < -0.4 is 0 Å². The molecule has 0 atom stereocenters. The van der Waals surface area contributed by atoms with Crippen molar-refractivity contribution in [3.63, 3.8) is 0 Å². The number of aromatic amines is 1. The van der Waals surface area contributed by atoms with Gasteiger partial charge in [-0.2, -0.15) is 5.10 Å². The van der Waals surface area contributed by atoms with Crippen LogP contribution in [-0.4, -0.2) is 31.2 Å². The van der Waals surface area contributed by atoms with Crippen LogP contribution in [-0.2, 0) is 0 Å². The second-order valence-corrected chi connectivity index (χ2v) is 2.16. The van der Waals surface area contributed by atoms with Crippen LogP contribution in [0.25, 0.3) is 11.0 Å². The van der Waals surface area contributed by atoms with Crippen molar-refractivity contribution in [1.29, 1.82) is 0 Å². The second-order valence-electron chi connectivity index (χ2n) is 2.16. The molecule has 6 heteroatoms. The van der Waals surface area contributed by atoms with Gasteiger partial charge in [-0.05, 0) is 0 Å². The van der Waals surface area contributed by atoms with Gasteiger partial charge in [-0.25, -0.2) is 14.8 Å². The lowest BCUT2D eigenvalue weighted by atomic mass is 10.3. The van der Waals surface area contributed by atoms with Gasteiger partial charge in [0.2, 0.25) is 0 Å². The number of nitrogens with zero attached hydrogens (tertiary/aromatic N) is 3. The summed E-state index contributed by atoms with van der Waals surface area (Å²) in [6, 6.07) is 0. The van der Waals surface area contributed by atoms with E-state index in [9.17, 15) is 4.79 Å². The fourth-order valence-electron chi connectivity index (χ4n) is 0.927. The van der Waals surface area contributed by atoms with E-state index < -0.39 is 5.97 Å². The number of carboxylic acids is 1. The lowest BCUT2D eigenvalue weighted by molar-refractivity contribution is 0.0692.